The van der Waals surface area contributed by atoms with Gasteiger partial charge in [0.2, 0.25) is 0 Å². The fourth-order valence-electron chi connectivity index (χ4n) is 8.85. The average Bonchev–Trinajstić information content (AvgIpc) is 3.48. The number of carbonyl (C=O) groups is 3. The molecule has 0 saturated heterocycles. The molecule has 0 aromatic carbocycles. The maximum atomic E-state index is 12.9. The highest BCUT2D eigenvalue weighted by atomic mass is 16.6. The molecule has 0 aliphatic carbocycles. The number of carbonyl (C=O) groups excluding carboxylic acids is 3. The second-order valence-electron chi connectivity index (χ2n) is 21.6. The Balaban J connectivity index is 4.37. The van der Waals surface area contributed by atoms with Crippen LogP contribution in [-0.4, -0.2) is 37.2 Å². The van der Waals surface area contributed by atoms with Crippen LogP contribution in [0.4, 0.5) is 0 Å². The first kappa shape index (κ1) is 77.0. The average molecular weight is 1130 g/mol. The molecule has 1 unspecified atom stereocenters. The highest BCUT2D eigenvalue weighted by molar-refractivity contribution is 5.71. The maximum absolute atomic E-state index is 12.9. The van der Waals surface area contributed by atoms with Crippen LogP contribution in [-0.2, 0) is 28.6 Å². The molecule has 0 spiro atoms. The summed E-state index contributed by atoms with van der Waals surface area (Å²) in [6, 6.07) is 0. The minimum atomic E-state index is -0.809. The van der Waals surface area contributed by atoms with Crippen molar-refractivity contribution in [2.45, 2.75) is 290 Å². The lowest BCUT2D eigenvalue weighted by Gasteiger charge is -2.18. The fourth-order valence-corrected chi connectivity index (χ4v) is 8.85. The second-order valence-corrected chi connectivity index (χ2v) is 21.6. The monoisotopic (exact) mass is 1130 g/mol. The smallest absolute Gasteiger partial charge is 0.306 e. The van der Waals surface area contributed by atoms with Gasteiger partial charge in [-0.05, 0) is 122 Å². The van der Waals surface area contributed by atoms with Crippen LogP contribution in [0.3, 0.4) is 0 Å². The molecule has 0 rings (SSSR count). The van der Waals surface area contributed by atoms with Crippen LogP contribution in [0.1, 0.15) is 284 Å². The SMILES string of the molecule is CC/C=C\C/C=C\C/C=C\C/C=C\C/C=C\C/C=C\C/C=C\C/C=C\C/C=C\CCCC(=O)OCC(COC(=O)CCCCCCCCCCCC)OC(=O)CCCCCCCCCCCCCC/C=C\C/C=C\C/C=C\C/C=C\CC. The van der Waals surface area contributed by atoms with E-state index in [0.29, 0.717) is 19.3 Å². The molecule has 6 heteroatoms. The van der Waals surface area contributed by atoms with Crippen molar-refractivity contribution in [3.05, 3.63) is 158 Å². The van der Waals surface area contributed by atoms with Crippen LogP contribution < -0.4 is 0 Å². The Morgan fingerprint density at radius 2 is 0.488 bits per heavy atom. The van der Waals surface area contributed by atoms with Gasteiger partial charge < -0.3 is 14.2 Å². The number of hydrogen-bond donors (Lipinski definition) is 0. The zero-order valence-electron chi connectivity index (χ0n) is 52.9. The van der Waals surface area contributed by atoms with Crippen molar-refractivity contribution >= 4 is 17.9 Å². The van der Waals surface area contributed by atoms with Gasteiger partial charge in [-0.2, -0.15) is 0 Å². The molecule has 0 N–H and O–H groups in total. The van der Waals surface area contributed by atoms with Crippen LogP contribution >= 0.6 is 0 Å². The van der Waals surface area contributed by atoms with E-state index in [-0.39, 0.29) is 37.5 Å². The van der Waals surface area contributed by atoms with Gasteiger partial charge in [-0.25, -0.2) is 0 Å². The third-order valence-electron chi connectivity index (χ3n) is 13.8. The number of ether oxygens (including phenoxy) is 3. The minimum absolute atomic E-state index is 0.100. The molecule has 6 nitrogen and oxygen atoms in total. The number of allylic oxidation sites excluding steroid dienone is 26. The number of rotatable bonds is 59. The summed E-state index contributed by atoms with van der Waals surface area (Å²) in [5, 5.41) is 0. The van der Waals surface area contributed by atoms with Crippen molar-refractivity contribution in [2.24, 2.45) is 0 Å². The van der Waals surface area contributed by atoms with Crippen molar-refractivity contribution in [3.8, 4) is 0 Å². The van der Waals surface area contributed by atoms with Crippen molar-refractivity contribution in [2.75, 3.05) is 13.2 Å². The van der Waals surface area contributed by atoms with E-state index < -0.39 is 6.10 Å². The number of hydrogen-bond acceptors (Lipinski definition) is 6. The van der Waals surface area contributed by atoms with Gasteiger partial charge in [-0.3, -0.25) is 14.4 Å². The molecular formula is C76H122O6. The Labute approximate surface area is 505 Å². The van der Waals surface area contributed by atoms with E-state index in [4.69, 9.17) is 14.2 Å². The Morgan fingerprint density at radius 3 is 0.793 bits per heavy atom. The van der Waals surface area contributed by atoms with Gasteiger partial charge in [0.15, 0.2) is 6.10 Å². The summed E-state index contributed by atoms with van der Waals surface area (Å²) in [4.78, 5) is 38.3. The standard InChI is InChI=1S/C76H122O6/c1-4-7-10-13-16-19-22-24-26-28-30-32-34-36-37-38-39-41-42-44-46-48-50-52-54-57-60-63-66-69-75(78)81-72-73(71-80-74(77)68-65-62-59-56-21-18-15-12-9-6-3)82-76(79)70-67-64-61-58-55-53-51-49-47-45-43-40-35-33-31-29-27-25-23-20-17-14-11-8-5-2/h7-8,10-11,16-17,19-20,24-27,30-33,36-37,39,41,44,46,50,52,57,60,73H,4-6,9,12-15,18,21-23,28-29,34-35,38,40,42-43,45,47-49,51,53-56,58-59,61-72H2,1-3H3/b10-7-,11-8-,19-16-,20-17-,26-24-,27-25-,32-30-,33-31-,37-36-,41-39-,46-44-,52-50-,60-57-. The normalized spacial score (nSPS) is 13.2. The van der Waals surface area contributed by atoms with Crippen LogP contribution in [0.15, 0.2) is 158 Å². The van der Waals surface area contributed by atoms with Crippen LogP contribution in [0.25, 0.3) is 0 Å². The zero-order valence-corrected chi connectivity index (χ0v) is 52.9. The predicted molar refractivity (Wildman–Crippen MR) is 357 cm³/mol. The lowest BCUT2D eigenvalue weighted by atomic mass is 10.0. The van der Waals surface area contributed by atoms with Gasteiger partial charge in [0.25, 0.3) is 0 Å². The van der Waals surface area contributed by atoms with Crippen molar-refractivity contribution in [3.63, 3.8) is 0 Å². The summed E-state index contributed by atoms with van der Waals surface area (Å²) >= 11 is 0. The molecule has 0 saturated carbocycles. The first-order chi connectivity index (χ1) is 40.5. The van der Waals surface area contributed by atoms with Gasteiger partial charge in [0.05, 0.1) is 0 Å². The van der Waals surface area contributed by atoms with E-state index >= 15 is 0 Å². The molecule has 0 aliphatic rings. The first-order valence-corrected chi connectivity index (χ1v) is 33.5. The lowest BCUT2D eigenvalue weighted by Crippen LogP contribution is -2.30. The molecule has 1 atom stereocenters. The maximum Gasteiger partial charge on any atom is 0.306 e. The highest BCUT2D eigenvalue weighted by Gasteiger charge is 2.19. The summed E-state index contributed by atoms with van der Waals surface area (Å²) in [6.07, 6.45) is 99.8. The number of esters is 3. The Kier molecular flexibility index (Phi) is 64.4. The van der Waals surface area contributed by atoms with Gasteiger partial charge in [-0.1, -0.05) is 301 Å². The molecule has 0 amide bonds. The van der Waals surface area contributed by atoms with E-state index in [2.05, 4.69) is 179 Å². The Hall–Kier alpha value is -4.97. The molecule has 0 aliphatic heterocycles. The topological polar surface area (TPSA) is 78.9 Å². The molecule has 0 aromatic rings. The van der Waals surface area contributed by atoms with Crippen LogP contribution in [0, 0.1) is 0 Å². The van der Waals surface area contributed by atoms with Crippen LogP contribution in [0.5, 0.6) is 0 Å². The molecule has 0 heterocycles. The summed E-state index contributed by atoms with van der Waals surface area (Å²) < 4.78 is 16.9. The largest absolute Gasteiger partial charge is 0.462 e. The second kappa shape index (κ2) is 68.5. The van der Waals surface area contributed by atoms with E-state index in [1.165, 1.54) is 109 Å². The third-order valence-corrected chi connectivity index (χ3v) is 13.8. The van der Waals surface area contributed by atoms with Gasteiger partial charge in [-0.15, -0.1) is 0 Å². The van der Waals surface area contributed by atoms with Gasteiger partial charge >= 0.3 is 17.9 Å². The molecule has 462 valence electrons. The summed E-state index contributed by atoms with van der Waals surface area (Å²) in [6.45, 7) is 6.36. The molecule has 0 aromatic heterocycles. The summed E-state index contributed by atoms with van der Waals surface area (Å²) in [5.41, 5.74) is 0. The number of unbranched alkanes of at least 4 members (excludes halogenated alkanes) is 22. The van der Waals surface area contributed by atoms with Crippen molar-refractivity contribution in [1.29, 1.82) is 0 Å². The van der Waals surface area contributed by atoms with Crippen molar-refractivity contribution in [1.82, 2.24) is 0 Å². The molecule has 0 radical (unpaired) electrons. The fraction of sp³-hybridized carbons (Fsp3) is 0.618. The van der Waals surface area contributed by atoms with Gasteiger partial charge in [0.1, 0.15) is 13.2 Å². The predicted octanol–water partition coefficient (Wildman–Crippen LogP) is 23.3. The summed E-state index contributed by atoms with van der Waals surface area (Å²) in [7, 11) is 0. The third kappa shape index (κ3) is 65.8. The van der Waals surface area contributed by atoms with Crippen molar-refractivity contribution < 1.29 is 28.6 Å². The molecule has 0 bridgehead atoms. The molecule has 82 heavy (non-hydrogen) atoms. The first-order valence-electron chi connectivity index (χ1n) is 33.5. The van der Waals surface area contributed by atoms with E-state index in [1.807, 2.05) is 0 Å². The molecule has 0 fully saturated rings. The Morgan fingerprint density at radius 1 is 0.256 bits per heavy atom. The van der Waals surface area contributed by atoms with E-state index in [1.54, 1.807) is 0 Å². The molecular weight excluding hydrogens is 1010 g/mol. The lowest BCUT2D eigenvalue weighted by molar-refractivity contribution is -0.167. The quantitative estimate of drug-likeness (QED) is 0.0261. The zero-order chi connectivity index (χ0) is 59.2. The van der Waals surface area contributed by atoms with Gasteiger partial charge in [0, 0.05) is 19.3 Å². The Bertz CT molecular complexity index is 1830. The van der Waals surface area contributed by atoms with Crippen LogP contribution in [0.2, 0.25) is 0 Å². The van der Waals surface area contributed by atoms with E-state index in [0.717, 1.165) is 128 Å². The van der Waals surface area contributed by atoms with E-state index in [9.17, 15) is 14.4 Å². The minimum Gasteiger partial charge on any atom is -0.462 e. The summed E-state index contributed by atoms with van der Waals surface area (Å²) in [5.74, 6) is -0.966. The highest BCUT2D eigenvalue weighted by Crippen LogP contribution is 2.16.